The quantitative estimate of drug-likeness (QED) is 0.856. The third-order valence-electron chi connectivity index (χ3n) is 4.30. The van der Waals surface area contributed by atoms with Gasteiger partial charge in [-0.25, -0.2) is 0 Å². The van der Waals surface area contributed by atoms with Gasteiger partial charge in [0.1, 0.15) is 5.75 Å². The van der Waals surface area contributed by atoms with Crippen molar-refractivity contribution in [3.63, 3.8) is 0 Å². The van der Waals surface area contributed by atoms with Crippen LogP contribution in [0.4, 0.5) is 0 Å². The standard InChI is InChI=1S/C15H22N2O/c1-15(13-5-6-13)11-17(8-7-16-15)10-12-3-2-4-14(18)9-12/h2-4,9,13,16,18H,5-8,10-11H2,1H3. The molecule has 1 atom stereocenters. The van der Waals surface area contributed by atoms with Crippen LogP contribution in [0.3, 0.4) is 0 Å². The number of nitrogens with one attached hydrogen (secondary N) is 1. The van der Waals surface area contributed by atoms with Crippen molar-refractivity contribution >= 4 is 0 Å². The minimum absolute atomic E-state index is 0.301. The fourth-order valence-corrected chi connectivity index (χ4v) is 3.14. The van der Waals surface area contributed by atoms with Crippen LogP contribution in [0.5, 0.6) is 5.75 Å². The first kappa shape index (κ1) is 12.0. The number of piperazine rings is 1. The maximum Gasteiger partial charge on any atom is 0.115 e. The molecule has 0 spiro atoms. The van der Waals surface area contributed by atoms with Crippen LogP contribution in [0.15, 0.2) is 24.3 Å². The number of phenols is 1. The fraction of sp³-hybridized carbons (Fsp3) is 0.600. The first-order valence-corrected chi connectivity index (χ1v) is 6.91. The number of hydrogen-bond donors (Lipinski definition) is 2. The smallest absolute Gasteiger partial charge is 0.115 e. The van der Waals surface area contributed by atoms with E-state index in [4.69, 9.17) is 0 Å². The highest BCUT2D eigenvalue weighted by molar-refractivity contribution is 5.27. The van der Waals surface area contributed by atoms with Gasteiger partial charge < -0.3 is 10.4 Å². The predicted octanol–water partition coefficient (Wildman–Crippen LogP) is 1.97. The molecule has 2 N–H and O–H groups in total. The van der Waals surface area contributed by atoms with Gasteiger partial charge in [0.2, 0.25) is 0 Å². The van der Waals surface area contributed by atoms with Crippen molar-refractivity contribution in [2.24, 2.45) is 5.92 Å². The second-order valence-corrected chi connectivity index (χ2v) is 6.00. The van der Waals surface area contributed by atoms with Crippen LogP contribution in [0.25, 0.3) is 0 Å². The van der Waals surface area contributed by atoms with Gasteiger partial charge in [-0.15, -0.1) is 0 Å². The molecule has 18 heavy (non-hydrogen) atoms. The third kappa shape index (κ3) is 2.52. The second-order valence-electron chi connectivity index (χ2n) is 6.00. The molecule has 0 bridgehead atoms. The number of hydrogen-bond acceptors (Lipinski definition) is 3. The molecule has 1 heterocycles. The lowest BCUT2D eigenvalue weighted by molar-refractivity contribution is 0.121. The van der Waals surface area contributed by atoms with Crippen LogP contribution in [0, 0.1) is 5.92 Å². The van der Waals surface area contributed by atoms with E-state index in [-0.39, 0.29) is 0 Å². The van der Waals surface area contributed by atoms with E-state index in [0.29, 0.717) is 11.3 Å². The van der Waals surface area contributed by atoms with Gasteiger partial charge in [0.25, 0.3) is 0 Å². The van der Waals surface area contributed by atoms with E-state index in [1.165, 1.54) is 18.4 Å². The van der Waals surface area contributed by atoms with Crippen molar-refractivity contribution in [3.8, 4) is 5.75 Å². The molecule has 3 nitrogen and oxygen atoms in total. The topological polar surface area (TPSA) is 35.5 Å². The van der Waals surface area contributed by atoms with E-state index >= 15 is 0 Å². The lowest BCUT2D eigenvalue weighted by atomic mass is 9.92. The molecule has 1 saturated carbocycles. The van der Waals surface area contributed by atoms with Crippen molar-refractivity contribution in [1.29, 1.82) is 0 Å². The monoisotopic (exact) mass is 246 g/mol. The molecule has 2 aliphatic rings. The lowest BCUT2D eigenvalue weighted by Crippen LogP contribution is -2.59. The molecule has 2 fully saturated rings. The van der Waals surface area contributed by atoms with Crippen LogP contribution in [0.1, 0.15) is 25.3 Å². The van der Waals surface area contributed by atoms with Crippen LogP contribution >= 0.6 is 0 Å². The summed E-state index contributed by atoms with van der Waals surface area (Å²) in [5, 5.41) is 13.2. The molecule has 3 heteroatoms. The summed E-state index contributed by atoms with van der Waals surface area (Å²) in [5.41, 5.74) is 1.50. The lowest BCUT2D eigenvalue weighted by Gasteiger charge is -2.42. The molecular weight excluding hydrogens is 224 g/mol. The molecule has 0 amide bonds. The predicted molar refractivity (Wildman–Crippen MR) is 72.5 cm³/mol. The maximum absolute atomic E-state index is 9.51. The van der Waals surface area contributed by atoms with Gasteiger partial charge in [-0.3, -0.25) is 4.90 Å². The highest BCUT2D eigenvalue weighted by Crippen LogP contribution is 2.40. The van der Waals surface area contributed by atoms with E-state index in [0.717, 1.165) is 32.1 Å². The van der Waals surface area contributed by atoms with E-state index in [1.54, 1.807) is 6.07 Å². The maximum atomic E-state index is 9.51. The number of rotatable bonds is 3. The Labute approximate surface area is 109 Å². The Morgan fingerprint density at radius 2 is 2.28 bits per heavy atom. The zero-order chi connectivity index (χ0) is 12.6. The van der Waals surface area contributed by atoms with E-state index < -0.39 is 0 Å². The summed E-state index contributed by atoms with van der Waals surface area (Å²) < 4.78 is 0. The Morgan fingerprint density at radius 3 is 3.00 bits per heavy atom. The van der Waals surface area contributed by atoms with Gasteiger partial charge in [0, 0.05) is 31.7 Å². The van der Waals surface area contributed by atoms with Gasteiger partial charge in [-0.1, -0.05) is 12.1 Å². The molecule has 1 saturated heterocycles. The molecule has 3 rings (SSSR count). The van der Waals surface area contributed by atoms with Crippen LogP contribution in [-0.4, -0.2) is 35.2 Å². The summed E-state index contributed by atoms with van der Waals surface area (Å²) in [6.07, 6.45) is 2.76. The Morgan fingerprint density at radius 1 is 1.44 bits per heavy atom. The summed E-state index contributed by atoms with van der Waals surface area (Å²) in [6.45, 7) is 6.59. The zero-order valence-corrected chi connectivity index (χ0v) is 11.0. The van der Waals surface area contributed by atoms with Crippen molar-refractivity contribution in [3.05, 3.63) is 29.8 Å². The second kappa shape index (κ2) is 4.56. The van der Waals surface area contributed by atoms with Crippen LogP contribution in [0.2, 0.25) is 0 Å². The van der Waals surface area contributed by atoms with Crippen molar-refractivity contribution < 1.29 is 5.11 Å². The van der Waals surface area contributed by atoms with E-state index in [2.05, 4.69) is 23.2 Å². The van der Waals surface area contributed by atoms with Crippen molar-refractivity contribution in [2.75, 3.05) is 19.6 Å². The largest absolute Gasteiger partial charge is 0.508 e. The summed E-state index contributed by atoms with van der Waals surface area (Å²) >= 11 is 0. The first-order valence-electron chi connectivity index (χ1n) is 6.91. The van der Waals surface area contributed by atoms with Crippen molar-refractivity contribution in [2.45, 2.75) is 31.8 Å². The van der Waals surface area contributed by atoms with Gasteiger partial charge in [0.15, 0.2) is 0 Å². The summed E-state index contributed by atoms with van der Waals surface area (Å²) in [7, 11) is 0. The summed E-state index contributed by atoms with van der Waals surface area (Å²) in [4.78, 5) is 2.50. The Balaban J connectivity index is 1.66. The van der Waals surface area contributed by atoms with E-state index in [1.807, 2.05) is 12.1 Å². The Kier molecular flexibility index (Phi) is 3.04. The average molecular weight is 246 g/mol. The fourth-order valence-electron chi connectivity index (χ4n) is 3.14. The molecule has 1 aliphatic carbocycles. The third-order valence-corrected chi connectivity index (χ3v) is 4.30. The van der Waals surface area contributed by atoms with Gasteiger partial charge in [-0.05, 0) is 43.4 Å². The molecule has 98 valence electrons. The van der Waals surface area contributed by atoms with Gasteiger partial charge in [-0.2, -0.15) is 0 Å². The SMILES string of the molecule is CC1(C2CC2)CN(Cc2cccc(O)c2)CCN1. The number of nitrogens with zero attached hydrogens (tertiary/aromatic N) is 1. The minimum Gasteiger partial charge on any atom is -0.508 e. The normalized spacial score (nSPS) is 29.4. The van der Waals surface area contributed by atoms with Gasteiger partial charge >= 0.3 is 0 Å². The average Bonchev–Trinajstić information content (AvgIpc) is 3.13. The molecule has 1 aliphatic heterocycles. The molecule has 0 aromatic heterocycles. The number of benzene rings is 1. The van der Waals surface area contributed by atoms with Crippen LogP contribution in [-0.2, 0) is 6.54 Å². The van der Waals surface area contributed by atoms with E-state index in [9.17, 15) is 5.11 Å². The summed E-state index contributed by atoms with van der Waals surface area (Å²) in [5.74, 6) is 1.23. The molecule has 1 aromatic rings. The molecular formula is C15H22N2O. The van der Waals surface area contributed by atoms with Crippen LogP contribution < -0.4 is 5.32 Å². The molecule has 1 unspecified atom stereocenters. The number of phenolic OH excluding ortho intramolecular Hbond substituents is 1. The first-order chi connectivity index (χ1) is 8.66. The molecule has 1 aromatic carbocycles. The Bertz CT molecular complexity index is 430. The minimum atomic E-state index is 0.301. The highest BCUT2D eigenvalue weighted by Gasteiger charge is 2.43. The zero-order valence-electron chi connectivity index (χ0n) is 11.0. The Hall–Kier alpha value is -1.06. The highest BCUT2D eigenvalue weighted by atomic mass is 16.3. The number of aromatic hydroxyl groups is 1. The summed E-state index contributed by atoms with van der Waals surface area (Å²) in [6, 6.07) is 7.62. The van der Waals surface area contributed by atoms with Gasteiger partial charge in [0.05, 0.1) is 0 Å². The molecule has 0 radical (unpaired) electrons. The van der Waals surface area contributed by atoms with Crippen molar-refractivity contribution in [1.82, 2.24) is 10.2 Å².